The van der Waals surface area contributed by atoms with Crippen molar-refractivity contribution in [3.8, 4) is 5.75 Å². The third-order valence-electron chi connectivity index (χ3n) is 4.53. The van der Waals surface area contributed by atoms with E-state index in [0.29, 0.717) is 21.3 Å². The van der Waals surface area contributed by atoms with Crippen LogP contribution < -0.4 is 11.1 Å². The molecule has 1 aromatic rings. The summed E-state index contributed by atoms with van der Waals surface area (Å²) >= 11 is 9.30. The van der Waals surface area contributed by atoms with Gasteiger partial charge < -0.3 is 16.2 Å². The predicted molar refractivity (Wildman–Crippen MR) is 81.7 cm³/mol. The Bertz CT molecular complexity index is 541. The van der Waals surface area contributed by atoms with Crippen molar-refractivity contribution in [2.75, 3.05) is 5.32 Å². The third-order valence-corrected chi connectivity index (χ3v) is 5.29. The van der Waals surface area contributed by atoms with Gasteiger partial charge in [0.1, 0.15) is 11.4 Å². The van der Waals surface area contributed by atoms with Crippen LogP contribution >= 0.6 is 27.5 Å². The van der Waals surface area contributed by atoms with Crippen LogP contribution in [-0.4, -0.2) is 17.1 Å². The van der Waals surface area contributed by atoms with E-state index in [9.17, 15) is 9.90 Å². The topological polar surface area (TPSA) is 75.4 Å². The molecule has 0 radical (unpaired) electrons. The number of nitrogens with one attached hydrogen (secondary N) is 1. The number of nitrogens with two attached hydrogens (primary N) is 1. The summed E-state index contributed by atoms with van der Waals surface area (Å²) in [5.74, 6) is 0.719. The Labute approximate surface area is 130 Å². The van der Waals surface area contributed by atoms with Gasteiger partial charge in [-0.1, -0.05) is 27.5 Å². The Hall–Kier alpha value is -0.780. The predicted octanol–water partition coefficient (Wildman–Crippen LogP) is 3.12. The van der Waals surface area contributed by atoms with E-state index < -0.39 is 0 Å². The Kier molecular flexibility index (Phi) is 3.69. The number of phenols is 1. The second-order valence-electron chi connectivity index (χ2n) is 5.77. The Morgan fingerprint density at radius 3 is 2.65 bits per heavy atom. The summed E-state index contributed by atoms with van der Waals surface area (Å²) in [6.45, 7) is 0. The van der Waals surface area contributed by atoms with Crippen molar-refractivity contribution in [3.05, 3.63) is 21.6 Å². The van der Waals surface area contributed by atoms with E-state index >= 15 is 0 Å². The zero-order chi connectivity index (χ0) is 14.4. The van der Waals surface area contributed by atoms with Crippen molar-refractivity contribution in [1.29, 1.82) is 0 Å². The van der Waals surface area contributed by atoms with Gasteiger partial charge in [0.15, 0.2) is 0 Å². The number of fused-ring (bicyclic) bond motifs is 2. The van der Waals surface area contributed by atoms with Gasteiger partial charge in [0.25, 0.3) is 0 Å². The fraction of sp³-hybridized carbons (Fsp3) is 0.500. The molecule has 2 aliphatic rings. The van der Waals surface area contributed by atoms with Gasteiger partial charge >= 0.3 is 0 Å². The smallest absolute Gasteiger partial charge is 0.227 e. The largest absolute Gasteiger partial charge is 0.506 e. The minimum absolute atomic E-state index is 0.0149. The molecule has 4 atom stereocenters. The standard InChI is InChI=1S/C14H16BrClN2O2/c15-8-4-10(16)13(12(19)5-8)18-14(20)9-2-7-1-6(9)3-11(7)17/h4-7,9,11,19H,1-3,17H2,(H,18,20)/t6-,7-,9-,11-/m1/s1. The van der Waals surface area contributed by atoms with Gasteiger partial charge in [0.2, 0.25) is 5.91 Å². The van der Waals surface area contributed by atoms with E-state index in [0.717, 1.165) is 19.3 Å². The SMILES string of the molecule is N[C@@H]1C[C@H]2C[C@@H]1C[C@H]2C(=O)Nc1c(O)cc(Br)cc1Cl. The van der Waals surface area contributed by atoms with E-state index in [-0.39, 0.29) is 29.3 Å². The molecule has 2 bridgehead atoms. The first kappa shape index (κ1) is 14.2. The van der Waals surface area contributed by atoms with Gasteiger partial charge in [0, 0.05) is 16.4 Å². The number of hydrogen-bond acceptors (Lipinski definition) is 3. The van der Waals surface area contributed by atoms with Crippen molar-refractivity contribution in [2.45, 2.75) is 25.3 Å². The summed E-state index contributed by atoms with van der Waals surface area (Å²) in [6, 6.07) is 3.40. The minimum atomic E-state index is -0.0658. The van der Waals surface area contributed by atoms with Gasteiger partial charge in [-0.25, -0.2) is 0 Å². The molecule has 0 unspecified atom stereocenters. The van der Waals surface area contributed by atoms with Crippen LogP contribution in [0, 0.1) is 17.8 Å². The average molecular weight is 360 g/mol. The fourth-order valence-corrected chi connectivity index (χ4v) is 4.38. The van der Waals surface area contributed by atoms with E-state index in [1.165, 1.54) is 6.07 Å². The average Bonchev–Trinajstić information content (AvgIpc) is 2.92. The van der Waals surface area contributed by atoms with Gasteiger partial charge in [-0.15, -0.1) is 0 Å². The van der Waals surface area contributed by atoms with E-state index in [4.69, 9.17) is 17.3 Å². The number of aromatic hydroxyl groups is 1. The van der Waals surface area contributed by atoms with Crippen LogP contribution in [0.15, 0.2) is 16.6 Å². The lowest BCUT2D eigenvalue weighted by Crippen LogP contribution is -2.34. The van der Waals surface area contributed by atoms with Crippen molar-refractivity contribution in [2.24, 2.45) is 23.5 Å². The van der Waals surface area contributed by atoms with E-state index in [1.807, 2.05) is 0 Å². The summed E-state index contributed by atoms with van der Waals surface area (Å²) < 4.78 is 0.670. The van der Waals surface area contributed by atoms with Crippen LogP contribution in [0.1, 0.15) is 19.3 Å². The Morgan fingerprint density at radius 2 is 2.10 bits per heavy atom. The lowest BCUT2D eigenvalue weighted by Gasteiger charge is -2.25. The molecule has 0 saturated heterocycles. The summed E-state index contributed by atoms with van der Waals surface area (Å²) in [7, 11) is 0. The highest BCUT2D eigenvalue weighted by Crippen LogP contribution is 2.48. The number of amides is 1. The quantitative estimate of drug-likeness (QED) is 0.710. The second kappa shape index (κ2) is 5.20. The second-order valence-corrected chi connectivity index (χ2v) is 7.09. The monoisotopic (exact) mass is 358 g/mol. The maximum atomic E-state index is 12.4. The number of carbonyl (C=O) groups is 1. The maximum Gasteiger partial charge on any atom is 0.227 e. The molecule has 0 aliphatic heterocycles. The van der Waals surface area contributed by atoms with Gasteiger partial charge in [0.05, 0.1) is 5.02 Å². The molecule has 3 rings (SSSR count). The number of benzene rings is 1. The molecule has 4 N–H and O–H groups in total. The molecule has 1 amide bonds. The van der Waals surface area contributed by atoms with Crippen LogP contribution in [0.4, 0.5) is 5.69 Å². The first-order chi connectivity index (χ1) is 9.45. The summed E-state index contributed by atoms with van der Waals surface area (Å²) in [4.78, 5) is 12.4. The molecule has 20 heavy (non-hydrogen) atoms. The summed E-state index contributed by atoms with van der Waals surface area (Å²) in [6.07, 6.45) is 2.80. The highest BCUT2D eigenvalue weighted by molar-refractivity contribution is 9.10. The first-order valence-electron chi connectivity index (χ1n) is 6.70. The zero-order valence-corrected chi connectivity index (χ0v) is 13.1. The lowest BCUT2D eigenvalue weighted by atomic mass is 9.85. The fourth-order valence-electron chi connectivity index (χ4n) is 3.54. The van der Waals surface area contributed by atoms with Gasteiger partial charge in [-0.3, -0.25) is 4.79 Å². The Morgan fingerprint density at radius 1 is 1.35 bits per heavy atom. The van der Waals surface area contributed by atoms with Crippen molar-refractivity contribution in [3.63, 3.8) is 0 Å². The zero-order valence-electron chi connectivity index (χ0n) is 10.8. The normalized spacial score (nSPS) is 31.6. The number of anilines is 1. The van der Waals surface area contributed by atoms with Gasteiger partial charge in [-0.05, 0) is 43.2 Å². The maximum absolute atomic E-state index is 12.4. The molecule has 1 aromatic carbocycles. The van der Waals surface area contributed by atoms with Crippen molar-refractivity contribution >= 4 is 39.1 Å². The Balaban J connectivity index is 1.75. The molecular formula is C14H16BrClN2O2. The van der Waals surface area contributed by atoms with Crippen LogP contribution in [0.5, 0.6) is 5.75 Å². The number of halogens is 2. The summed E-state index contributed by atoms with van der Waals surface area (Å²) in [5, 5.41) is 13.0. The van der Waals surface area contributed by atoms with E-state index in [1.54, 1.807) is 6.07 Å². The van der Waals surface area contributed by atoms with Crippen molar-refractivity contribution in [1.82, 2.24) is 0 Å². The molecule has 2 fully saturated rings. The number of phenolic OH excluding ortho intramolecular Hbond substituents is 1. The van der Waals surface area contributed by atoms with E-state index in [2.05, 4.69) is 21.2 Å². The molecule has 108 valence electrons. The van der Waals surface area contributed by atoms with Crippen LogP contribution in [-0.2, 0) is 4.79 Å². The highest BCUT2D eigenvalue weighted by atomic mass is 79.9. The van der Waals surface area contributed by atoms with Crippen LogP contribution in [0.25, 0.3) is 0 Å². The molecule has 2 aliphatic carbocycles. The molecule has 0 spiro atoms. The third kappa shape index (κ3) is 2.43. The van der Waals surface area contributed by atoms with Crippen LogP contribution in [0.3, 0.4) is 0 Å². The van der Waals surface area contributed by atoms with Crippen molar-refractivity contribution < 1.29 is 9.90 Å². The minimum Gasteiger partial charge on any atom is -0.506 e. The van der Waals surface area contributed by atoms with Gasteiger partial charge in [-0.2, -0.15) is 0 Å². The molecule has 2 saturated carbocycles. The molecule has 6 heteroatoms. The number of carbonyl (C=O) groups excluding carboxylic acids is 1. The summed E-state index contributed by atoms with van der Waals surface area (Å²) in [5.41, 5.74) is 6.29. The number of rotatable bonds is 2. The molecule has 4 nitrogen and oxygen atoms in total. The number of hydrogen-bond donors (Lipinski definition) is 3. The lowest BCUT2D eigenvalue weighted by molar-refractivity contribution is -0.121. The molecular weight excluding hydrogens is 344 g/mol. The van der Waals surface area contributed by atoms with Crippen LogP contribution in [0.2, 0.25) is 5.02 Å². The molecule has 0 aromatic heterocycles. The first-order valence-corrected chi connectivity index (χ1v) is 7.87. The highest BCUT2D eigenvalue weighted by Gasteiger charge is 2.47. The molecule has 0 heterocycles.